The van der Waals surface area contributed by atoms with E-state index in [1.54, 1.807) is 48.7 Å². The van der Waals surface area contributed by atoms with Gasteiger partial charge in [0.25, 0.3) is 0 Å². The first-order chi connectivity index (χ1) is 73.4. The smallest absolute Gasteiger partial charge is 0.187 e. The molecule has 740 valence electrons. The summed E-state index contributed by atoms with van der Waals surface area (Å²) in [7, 11) is 0. The van der Waals surface area contributed by atoms with Gasteiger partial charge in [-0.25, -0.2) is 8.78 Å². The number of aromatic hydroxyl groups is 6. The molecule has 24 heteroatoms. The van der Waals surface area contributed by atoms with E-state index in [-0.39, 0.29) is 28.9 Å². The van der Waals surface area contributed by atoms with Crippen LogP contribution in [0.25, 0.3) is 199 Å². The number of hydrogen-bond acceptors (Lipinski definition) is 15. The molecule has 0 saturated heterocycles. The molecule has 24 aromatic rings. The maximum atomic E-state index is 13.9. The van der Waals surface area contributed by atoms with Gasteiger partial charge >= 0.3 is 0 Å². The monoisotopic (exact) mass is 2000 g/mol. The average molecular weight is 2000 g/mol. The van der Waals surface area contributed by atoms with Crippen LogP contribution in [0.3, 0.4) is 0 Å². The molecule has 0 radical (unpaired) electrons. The minimum atomic E-state index is -0.950. The van der Waals surface area contributed by atoms with Crippen molar-refractivity contribution in [3.63, 3.8) is 0 Å². The number of phenolic OH excluding ortho intramolecular Hbond substituents is 5. The second-order valence-corrected chi connectivity index (χ2v) is 40.5. The Morgan fingerprint density at radius 2 is 0.633 bits per heavy atom. The molecule has 14 heterocycles. The minimum absolute atomic E-state index is 0.0428. The zero-order valence-corrected chi connectivity index (χ0v) is 83.0. The fourth-order valence-electron chi connectivity index (χ4n) is 24.2. The van der Waals surface area contributed by atoms with E-state index in [1.165, 1.54) is 183 Å². The van der Waals surface area contributed by atoms with Crippen molar-refractivity contribution in [1.82, 2.24) is 64.8 Å². The summed E-state index contributed by atoms with van der Waals surface area (Å²) in [6.07, 6.45) is 33.9. The molecule has 30 rings (SSSR count). The van der Waals surface area contributed by atoms with Crippen LogP contribution in [0, 0.1) is 35.8 Å². The molecule has 21 nitrogen and oxygen atoms in total. The first-order valence-corrected chi connectivity index (χ1v) is 52.0. The van der Waals surface area contributed by atoms with Crippen LogP contribution in [-0.4, -0.2) is 102 Å². The van der Waals surface area contributed by atoms with Crippen LogP contribution >= 0.6 is 11.6 Å². The molecule has 0 amide bonds. The van der Waals surface area contributed by atoms with Crippen LogP contribution in [0.4, 0.5) is 8.78 Å². The van der Waals surface area contributed by atoms with Gasteiger partial charge in [0.1, 0.15) is 28.7 Å². The number of fused-ring (bicyclic) bond motifs is 30. The van der Waals surface area contributed by atoms with E-state index in [2.05, 4.69) is 162 Å². The molecule has 0 spiro atoms. The predicted molar refractivity (Wildman–Crippen MR) is 593 cm³/mol. The maximum absolute atomic E-state index is 13.9. The van der Waals surface area contributed by atoms with Gasteiger partial charge in [-0.05, 0) is 443 Å². The number of nitrogens with one attached hydrogen (secondary N) is 6. The van der Waals surface area contributed by atoms with Crippen molar-refractivity contribution in [3.8, 4) is 108 Å². The topological polar surface area (TPSA) is 339 Å². The number of nitriles is 1. The largest absolute Gasteiger partial charge is 0.508 e. The molecule has 6 aliphatic rings. The molecule has 150 heavy (non-hydrogen) atoms. The lowest BCUT2D eigenvalue weighted by Crippen LogP contribution is -2.15. The lowest BCUT2D eigenvalue weighted by atomic mass is 9.80. The fourth-order valence-corrected chi connectivity index (χ4v) is 24.4. The number of aryl methyl sites for hydroxylation is 6. The van der Waals surface area contributed by atoms with Gasteiger partial charge in [0, 0.05) is 169 Å². The second kappa shape index (κ2) is 39.1. The standard InChI is InChI=1S/C22H17N3O.C22H20N2O.C21H17ClN2O.C21H16F2N2O.C20H17N3O.C20H16N2O2/c23-12-13-1-6-16-18(11-13)22(14-2-4-15(26)5-3-14)25-20-8-7-19-17(21(16)20)9-10-24-19;1-13-12-14(6-9-20(13)25)22-16-5-3-2-4-15(16)21-17-10-11-23-18(17)7-8-19(21)24-22;22-16-11-12(5-8-19(16)25)21-14-4-2-1-3-13(14)20-15-9-10-23-17(15)6-7-18(20)24-21;22-15-9-11(10-16(23)21(15)26)20-13-4-2-1-3-12(13)19-14-7-8-24-17(14)5-6-18(19)25-20;24-12-5-6-18(22-11-12)20-14-4-2-1-3-13(14)19-15-9-10-21-16(15)7-8-17(19)23-20;23-13-3-1-12(2-4-13)20-16-11-24-10-8-14(16)19-15-7-9-21-17(15)5-6-18(19)22-20/h2-5,7-10,13,25-26H,1,6,11H2;6-12,24-25H,2-5H2,1H3;5-11,24-25H,1-4H2;5-10,25-26H,1-4H2;5-11,23-24H,1-4H2;1-7,9,22-23H,8,10-11H2. The predicted octanol–water partition coefficient (Wildman–Crippen LogP) is 29.4. The van der Waals surface area contributed by atoms with Crippen LogP contribution < -0.4 is 0 Å². The molecule has 0 bridgehead atoms. The third-order valence-electron chi connectivity index (χ3n) is 31.3. The number of pyridine rings is 7. The van der Waals surface area contributed by atoms with Crippen molar-refractivity contribution >= 4 is 142 Å². The zero-order chi connectivity index (χ0) is 102. The van der Waals surface area contributed by atoms with Crippen molar-refractivity contribution in [2.45, 2.75) is 142 Å². The van der Waals surface area contributed by atoms with E-state index >= 15 is 0 Å². The molecule has 1 atom stereocenters. The summed E-state index contributed by atoms with van der Waals surface area (Å²) < 4.78 is 33.6. The highest BCUT2D eigenvalue weighted by molar-refractivity contribution is 6.32. The molecule has 11 aromatic carbocycles. The highest BCUT2D eigenvalue weighted by atomic mass is 35.5. The normalized spacial score (nSPS) is 14.5. The lowest BCUT2D eigenvalue weighted by molar-refractivity contribution is 0.111. The molecule has 1 unspecified atom stereocenters. The molecule has 1 aliphatic heterocycles. The van der Waals surface area contributed by atoms with Gasteiger partial charge < -0.3 is 65.3 Å². The third-order valence-corrected chi connectivity index (χ3v) is 31.6. The van der Waals surface area contributed by atoms with E-state index < -0.39 is 17.4 Å². The first kappa shape index (κ1) is 93.7. The number of benzene rings is 11. The summed E-state index contributed by atoms with van der Waals surface area (Å²) in [5.74, 6) is -1.61. The summed E-state index contributed by atoms with van der Waals surface area (Å²) >= 11 is 6.16. The number of halogens is 3. The Morgan fingerprint density at radius 1 is 0.313 bits per heavy atom. The summed E-state index contributed by atoms with van der Waals surface area (Å²) in [6, 6.07) is 71.6. The SMILES string of the molecule is Cc1cc(-c2[nH]c3ccc4nccc4c3c3c2CCCC3)ccc1O.N#CC1CCc2c(c(-c3ccc(O)cc3)[nH]c3ccc4nccc4c23)C1.Oc1c(F)cc(-c2[nH]c3ccc4nccc4c3c3c2CCCC3)cc1F.Oc1ccc(-c2[nH]c3ccc4nccc4c3c3c2CCCC3)cc1Cl.Oc1ccc(-c2[nH]c3ccc4nccc4c3c3c2CCCC3)nc1.Oc1ccc(-c2[nH]c3ccc4nccc4c3c3c2COCC3)cc1. The number of ether oxygens (including phenoxy) is 1. The number of H-pyrrole nitrogens is 6. The zero-order valence-electron chi connectivity index (χ0n) is 82.3. The molecule has 12 N–H and O–H groups in total. The summed E-state index contributed by atoms with van der Waals surface area (Å²) in [5.41, 5.74) is 41.3. The second-order valence-electron chi connectivity index (χ2n) is 40.1. The Labute approximate surface area is 864 Å². The Balaban J connectivity index is 0.0000000932. The number of rotatable bonds is 6. The van der Waals surface area contributed by atoms with Crippen LogP contribution in [-0.2, 0) is 82.0 Å². The summed E-state index contributed by atoms with van der Waals surface area (Å²) in [5, 5.41) is 82.4. The van der Waals surface area contributed by atoms with Gasteiger partial charge in [-0.15, -0.1) is 0 Å². The van der Waals surface area contributed by atoms with Gasteiger partial charge in [-0.1, -0.05) is 11.6 Å². The average Bonchev–Trinajstić information content (AvgIpc) is 1.37. The van der Waals surface area contributed by atoms with Gasteiger partial charge in [0.2, 0.25) is 0 Å². The lowest BCUT2D eigenvalue weighted by Gasteiger charge is -2.25. The summed E-state index contributed by atoms with van der Waals surface area (Å²) in [4.78, 5) is 52.6. The van der Waals surface area contributed by atoms with Crippen molar-refractivity contribution in [2.75, 3.05) is 6.61 Å². The van der Waals surface area contributed by atoms with Gasteiger partial charge in [-0.2, -0.15) is 5.26 Å². The maximum Gasteiger partial charge on any atom is 0.187 e. The number of phenols is 5. The molecule has 13 aromatic heterocycles. The van der Waals surface area contributed by atoms with E-state index in [0.717, 1.165) is 235 Å². The van der Waals surface area contributed by atoms with Crippen LogP contribution in [0.5, 0.6) is 34.5 Å². The van der Waals surface area contributed by atoms with Crippen molar-refractivity contribution < 1.29 is 44.2 Å². The highest BCUT2D eigenvalue weighted by Gasteiger charge is 2.31. The van der Waals surface area contributed by atoms with Crippen molar-refractivity contribution in [2.24, 2.45) is 5.92 Å². The summed E-state index contributed by atoms with van der Waals surface area (Å²) in [6.45, 7) is 3.29. The number of hydrogen-bond donors (Lipinski definition) is 12. The number of aromatic nitrogens is 13. The van der Waals surface area contributed by atoms with Crippen LogP contribution in [0.15, 0.2) is 262 Å². The van der Waals surface area contributed by atoms with E-state index in [0.29, 0.717) is 22.9 Å². The molecule has 5 aliphatic carbocycles. The molecular weight excluding hydrogens is 1890 g/mol. The van der Waals surface area contributed by atoms with Gasteiger partial charge in [0.05, 0.1) is 86.6 Å². The van der Waals surface area contributed by atoms with Gasteiger partial charge in [0.15, 0.2) is 17.4 Å². The molecule has 0 saturated carbocycles. The number of nitrogens with zero attached hydrogens (tertiary/aromatic N) is 8. The van der Waals surface area contributed by atoms with E-state index in [1.807, 2.05) is 111 Å². The Kier molecular flexibility index (Phi) is 24.5. The first-order valence-electron chi connectivity index (χ1n) is 51.6. The highest BCUT2D eigenvalue weighted by Crippen LogP contribution is 2.48. The minimum Gasteiger partial charge on any atom is -0.508 e. The Hall–Kier alpha value is -17.3. The molecule has 0 fully saturated rings. The Bertz CT molecular complexity index is 9190. The molecular formula is C126H103ClF2N14O7. The van der Waals surface area contributed by atoms with Crippen LogP contribution in [0.2, 0.25) is 5.02 Å². The van der Waals surface area contributed by atoms with Gasteiger partial charge in [-0.3, -0.25) is 34.9 Å². The van der Waals surface area contributed by atoms with Crippen molar-refractivity contribution in [1.29, 1.82) is 5.26 Å². The quantitative estimate of drug-likeness (QED) is 0.0736. The van der Waals surface area contributed by atoms with E-state index in [9.17, 15) is 44.7 Å². The van der Waals surface area contributed by atoms with Crippen LogP contribution in [0.1, 0.15) is 130 Å². The fraction of sp³-hybridized carbons (Fsp3) is 0.190. The third kappa shape index (κ3) is 17.1. The number of aromatic amines is 6. The Morgan fingerprint density at radius 3 is 1.00 bits per heavy atom. The van der Waals surface area contributed by atoms with Crippen molar-refractivity contribution in [3.05, 3.63) is 351 Å². The van der Waals surface area contributed by atoms with E-state index in [4.69, 9.17) is 16.3 Å².